The first kappa shape index (κ1) is 23.7. The van der Waals surface area contributed by atoms with E-state index < -0.39 is 4.92 Å². The lowest BCUT2D eigenvalue weighted by atomic mass is 9.46. The Hall–Kier alpha value is -2.72. The summed E-state index contributed by atoms with van der Waals surface area (Å²) in [4.78, 5) is 24.2. The Bertz CT molecular complexity index is 1320. The molecule has 4 saturated carbocycles. The van der Waals surface area contributed by atoms with Gasteiger partial charge in [0, 0.05) is 12.6 Å². The van der Waals surface area contributed by atoms with Crippen molar-refractivity contribution in [2.45, 2.75) is 57.0 Å². The second-order valence-electron chi connectivity index (χ2n) is 10.9. The molecule has 1 N–H and O–H groups in total. The molecule has 1 aromatic carbocycles. The molecule has 3 aromatic rings. The number of hydrogen-bond donors (Lipinski definition) is 1. The summed E-state index contributed by atoms with van der Waals surface area (Å²) in [6.45, 7) is 0.567. The van der Waals surface area contributed by atoms with Gasteiger partial charge in [0.1, 0.15) is 9.50 Å². The second-order valence-corrected chi connectivity index (χ2v) is 12.2. The molecule has 11 heteroatoms. The lowest BCUT2D eigenvalue weighted by molar-refractivity contribution is -0.390. The van der Waals surface area contributed by atoms with Crippen molar-refractivity contribution in [3.8, 4) is 0 Å². The average molecular weight is 574 g/mol. The smallest absolute Gasteiger partial charge is 0.358 e. The number of amides is 1. The maximum atomic E-state index is 13.3. The van der Waals surface area contributed by atoms with Gasteiger partial charge in [-0.1, -0.05) is 41.9 Å². The molecule has 7 rings (SSSR count). The molecule has 0 saturated heterocycles. The number of nitrogens with zero attached hydrogens (tertiary/aromatic N) is 5. The van der Waals surface area contributed by atoms with Crippen LogP contribution in [0.25, 0.3) is 0 Å². The van der Waals surface area contributed by atoms with E-state index in [1.54, 1.807) is 17.1 Å². The molecule has 1 amide bonds. The highest BCUT2D eigenvalue weighted by molar-refractivity contribution is 9.10. The maximum absolute atomic E-state index is 13.3. The molecular weight excluding hydrogens is 548 g/mol. The number of nitro groups is 1. The topological polar surface area (TPSA) is 108 Å². The third kappa shape index (κ3) is 4.24. The van der Waals surface area contributed by atoms with Crippen molar-refractivity contribution < 1.29 is 9.72 Å². The van der Waals surface area contributed by atoms with Crippen molar-refractivity contribution in [1.29, 1.82) is 0 Å². The third-order valence-corrected chi connectivity index (χ3v) is 9.00. The molecule has 2 aromatic heterocycles. The number of carbonyl (C=O) groups excluding carboxylic acids is 1. The summed E-state index contributed by atoms with van der Waals surface area (Å²) < 4.78 is 3.95. The zero-order valence-electron chi connectivity index (χ0n) is 19.6. The summed E-state index contributed by atoms with van der Waals surface area (Å²) in [6.07, 6.45) is 9.71. The van der Waals surface area contributed by atoms with Crippen molar-refractivity contribution in [3.63, 3.8) is 0 Å². The second kappa shape index (κ2) is 8.69. The summed E-state index contributed by atoms with van der Waals surface area (Å²) >= 11 is 9.71. The van der Waals surface area contributed by atoms with Crippen molar-refractivity contribution in [1.82, 2.24) is 19.6 Å². The Kier molecular flexibility index (Phi) is 5.71. The number of benzene rings is 1. The van der Waals surface area contributed by atoms with E-state index in [-0.39, 0.29) is 22.7 Å². The number of anilines is 1. The normalized spacial score (nSPS) is 28.4. The van der Waals surface area contributed by atoms with E-state index in [0.29, 0.717) is 40.1 Å². The number of carbonyl (C=O) groups is 1. The molecule has 2 heterocycles. The Labute approximate surface area is 221 Å². The van der Waals surface area contributed by atoms with Crippen LogP contribution in [-0.4, -0.2) is 30.4 Å². The van der Waals surface area contributed by atoms with Gasteiger partial charge in [-0.3, -0.25) is 9.48 Å². The first-order valence-electron chi connectivity index (χ1n) is 12.2. The van der Waals surface area contributed by atoms with Crippen LogP contribution in [0.1, 0.15) is 50.5 Å². The van der Waals surface area contributed by atoms with Crippen LogP contribution in [0.2, 0.25) is 5.02 Å². The standard InChI is InChI=1S/C25H26BrClN6O3/c26-19-13-32(30-23(19)33(35)36)25-9-17-6-18(10-25)8-24(7-17,15-25)11-21(34)28-22-20(27)14-31(29-22)12-16-4-2-1-3-5-16/h1-5,13-14,17-18H,6-12,15H2,(H,28,29,34). The third-order valence-electron chi connectivity index (χ3n) is 8.16. The number of nitrogens with one attached hydrogen (secondary N) is 1. The van der Waals surface area contributed by atoms with E-state index in [9.17, 15) is 14.9 Å². The van der Waals surface area contributed by atoms with Gasteiger partial charge in [-0.2, -0.15) is 9.78 Å². The molecule has 9 nitrogen and oxygen atoms in total. The molecule has 0 radical (unpaired) electrons. The van der Waals surface area contributed by atoms with Crippen molar-refractivity contribution in [2.24, 2.45) is 17.3 Å². The fraction of sp³-hybridized carbons (Fsp3) is 0.480. The van der Waals surface area contributed by atoms with Gasteiger partial charge < -0.3 is 15.4 Å². The fourth-order valence-corrected chi connectivity index (χ4v) is 8.05. The molecular formula is C25H26BrClN6O3. The lowest BCUT2D eigenvalue weighted by Gasteiger charge is -2.61. The van der Waals surface area contributed by atoms with Gasteiger partial charge in [-0.15, -0.1) is 0 Å². The van der Waals surface area contributed by atoms with E-state index in [4.69, 9.17) is 11.6 Å². The van der Waals surface area contributed by atoms with Gasteiger partial charge in [0.15, 0.2) is 5.82 Å². The Morgan fingerprint density at radius 1 is 1.17 bits per heavy atom. The highest BCUT2D eigenvalue weighted by atomic mass is 79.9. The molecule has 0 aliphatic heterocycles. The fourth-order valence-electron chi connectivity index (χ4n) is 7.44. The first-order chi connectivity index (χ1) is 17.2. The van der Waals surface area contributed by atoms with Gasteiger partial charge in [-0.05, 0) is 82.2 Å². The zero-order chi connectivity index (χ0) is 25.1. The number of hydrogen-bond acceptors (Lipinski definition) is 5. The van der Waals surface area contributed by atoms with Crippen LogP contribution in [0.3, 0.4) is 0 Å². The van der Waals surface area contributed by atoms with Crippen LogP contribution < -0.4 is 5.32 Å². The minimum absolute atomic E-state index is 0.0911. The first-order valence-corrected chi connectivity index (χ1v) is 13.4. The summed E-state index contributed by atoms with van der Waals surface area (Å²) in [5.74, 6) is 1.12. The predicted octanol–water partition coefficient (Wildman–Crippen LogP) is 5.78. The van der Waals surface area contributed by atoms with Crippen molar-refractivity contribution in [2.75, 3.05) is 5.32 Å². The largest absolute Gasteiger partial charge is 0.404 e. The lowest BCUT2D eigenvalue weighted by Crippen LogP contribution is -2.57. The minimum atomic E-state index is -0.453. The summed E-state index contributed by atoms with van der Waals surface area (Å²) in [7, 11) is 0. The van der Waals surface area contributed by atoms with E-state index in [1.165, 1.54) is 0 Å². The molecule has 4 aliphatic carbocycles. The van der Waals surface area contributed by atoms with Gasteiger partial charge >= 0.3 is 5.82 Å². The SMILES string of the molecule is O=C(CC12CC3CC(C1)CC(n1cc(Br)c([N+](=O)[O-])n1)(C3)C2)Nc1nn(Cc2ccccc2)cc1Cl. The molecule has 2 unspecified atom stereocenters. The molecule has 4 aliphatic rings. The average Bonchev–Trinajstić information content (AvgIpc) is 3.35. The van der Waals surface area contributed by atoms with Crippen LogP contribution in [0.4, 0.5) is 11.6 Å². The summed E-state index contributed by atoms with van der Waals surface area (Å²) in [6, 6.07) is 9.95. The molecule has 0 spiro atoms. The van der Waals surface area contributed by atoms with Crippen molar-refractivity contribution >= 4 is 45.1 Å². The van der Waals surface area contributed by atoms with Crippen LogP contribution >= 0.6 is 27.5 Å². The van der Waals surface area contributed by atoms with Gasteiger partial charge in [-0.25, -0.2) is 0 Å². The zero-order valence-corrected chi connectivity index (χ0v) is 21.9. The molecule has 4 fully saturated rings. The Morgan fingerprint density at radius 2 is 1.89 bits per heavy atom. The number of rotatable bonds is 7. The highest BCUT2D eigenvalue weighted by Crippen LogP contribution is 2.65. The van der Waals surface area contributed by atoms with Gasteiger partial charge in [0.05, 0.1) is 23.4 Å². The van der Waals surface area contributed by atoms with Crippen LogP contribution in [0, 0.1) is 27.4 Å². The Balaban J connectivity index is 1.19. The van der Waals surface area contributed by atoms with Gasteiger partial charge in [0.2, 0.25) is 5.91 Å². The van der Waals surface area contributed by atoms with E-state index in [0.717, 1.165) is 44.1 Å². The van der Waals surface area contributed by atoms with Gasteiger partial charge in [0.25, 0.3) is 0 Å². The van der Waals surface area contributed by atoms with E-state index in [1.807, 2.05) is 35.0 Å². The minimum Gasteiger partial charge on any atom is -0.358 e. The van der Waals surface area contributed by atoms with Crippen molar-refractivity contribution in [3.05, 3.63) is 67.9 Å². The molecule has 4 bridgehead atoms. The molecule has 188 valence electrons. The predicted molar refractivity (Wildman–Crippen MR) is 138 cm³/mol. The van der Waals surface area contributed by atoms with Crippen LogP contribution in [0.15, 0.2) is 47.2 Å². The summed E-state index contributed by atoms with van der Waals surface area (Å²) in [5, 5.41) is 23.6. The number of halogens is 2. The maximum Gasteiger partial charge on any atom is 0.404 e. The van der Waals surface area contributed by atoms with Crippen LogP contribution in [-0.2, 0) is 16.9 Å². The number of aromatic nitrogens is 4. The summed E-state index contributed by atoms with van der Waals surface area (Å²) in [5.41, 5.74) is 0.662. The van der Waals surface area contributed by atoms with E-state index >= 15 is 0 Å². The quantitative estimate of drug-likeness (QED) is 0.285. The highest BCUT2D eigenvalue weighted by Gasteiger charge is 2.60. The molecule has 2 atom stereocenters. The monoisotopic (exact) mass is 572 g/mol. The van der Waals surface area contributed by atoms with E-state index in [2.05, 4.69) is 31.4 Å². The Morgan fingerprint density at radius 3 is 2.56 bits per heavy atom. The van der Waals surface area contributed by atoms with Crippen LogP contribution in [0.5, 0.6) is 0 Å². The molecule has 36 heavy (non-hydrogen) atoms.